The highest BCUT2D eigenvalue weighted by atomic mass is 16.2. The highest BCUT2D eigenvalue weighted by molar-refractivity contribution is 5.94. The number of anilines is 2. The monoisotopic (exact) mass is 259 g/mol. The maximum atomic E-state index is 11.6. The standard InChI is InChI=1S/C14H17N3O2/c18-13(9-1-2-9)15-10-3-5-11(6-4-10)16-14(19)17-12-7-8-12/h3-6,9,12H,1-2,7-8H2,(H,15,18)(H2,16,17,19). The molecule has 19 heavy (non-hydrogen) atoms. The number of hydrogen-bond acceptors (Lipinski definition) is 2. The Labute approximate surface area is 111 Å². The van der Waals surface area contributed by atoms with Crippen molar-refractivity contribution in [1.82, 2.24) is 5.32 Å². The molecule has 100 valence electrons. The fourth-order valence-corrected chi connectivity index (χ4v) is 1.81. The van der Waals surface area contributed by atoms with Crippen molar-refractivity contribution in [3.63, 3.8) is 0 Å². The summed E-state index contributed by atoms with van der Waals surface area (Å²) in [6, 6.07) is 7.35. The van der Waals surface area contributed by atoms with Gasteiger partial charge in [0.1, 0.15) is 0 Å². The van der Waals surface area contributed by atoms with Gasteiger partial charge in [-0.1, -0.05) is 0 Å². The minimum Gasteiger partial charge on any atom is -0.335 e. The third kappa shape index (κ3) is 3.47. The largest absolute Gasteiger partial charge is 0.335 e. The second kappa shape index (κ2) is 4.91. The number of amides is 3. The summed E-state index contributed by atoms with van der Waals surface area (Å²) in [5, 5.41) is 8.48. The second-order valence-electron chi connectivity index (χ2n) is 5.21. The van der Waals surface area contributed by atoms with Crippen molar-refractivity contribution in [1.29, 1.82) is 0 Å². The topological polar surface area (TPSA) is 70.2 Å². The average molecular weight is 259 g/mol. The van der Waals surface area contributed by atoms with Gasteiger partial charge in [0.25, 0.3) is 0 Å². The van der Waals surface area contributed by atoms with Crippen LogP contribution in [0.1, 0.15) is 25.7 Å². The number of benzene rings is 1. The van der Waals surface area contributed by atoms with Crippen LogP contribution in [0.2, 0.25) is 0 Å². The lowest BCUT2D eigenvalue weighted by molar-refractivity contribution is -0.117. The first kappa shape index (κ1) is 12.0. The summed E-state index contributed by atoms with van der Waals surface area (Å²) in [5.41, 5.74) is 1.49. The van der Waals surface area contributed by atoms with E-state index in [1.54, 1.807) is 24.3 Å². The van der Waals surface area contributed by atoms with Gasteiger partial charge in [-0.25, -0.2) is 4.79 Å². The highest BCUT2D eigenvalue weighted by Crippen LogP contribution is 2.30. The van der Waals surface area contributed by atoms with Gasteiger partial charge in [0.05, 0.1) is 0 Å². The summed E-state index contributed by atoms with van der Waals surface area (Å²) in [6.07, 6.45) is 4.12. The molecule has 2 saturated carbocycles. The third-order valence-electron chi connectivity index (χ3n) is 3.27. The number of carbonyl (C=O) groups excluding carboxylic acids is 2. The van der Waals surface area contributed by atoms with Crippen molar-refractivity contribution >= 4 is 23.3 Å². The van der Waals surface area contributed by atoms with E-state index in [1.807, 2.05) is 0 Å². The van der Waals surface area contributed by atoms with Crippen LogP contribution >= 0.6 is 0 Å². The fourth-order valence-electron chi connectivity index (χ4n) is 1.81. The molecular formula is C14H17N3O2. The minimum absolute atomic E-state index is 0.0900. The van der Waals surface area contributed by atoms with Gasteiger partial charge < -0.3 is 16.0 Å². The van der Waals surface area contributed by atoms with E-state index in [0.717, 1.165) is 37.1 Å². The van der Waals surface area contributed by atoms with Crippen LogP contribution in [0.5, 0.6) is 0 Å². The van der Waals surface area contributed by atoms with Crippen LogP contribution in [0, 0.1) is 5.92 Å². The molecule has 0 spiro atoms. The maximum Gasteiger partial charge on any atom is 0.319 e. The Morgan fingerprint density at radius 3 is 2.00 bits per heavy atom. The molecule has 0 atom stereocenters. The number of rotatable bonds is 4. The lowest BCUT2D eigenvalue weighted by Crippen LogP contribution is -2.30. The molecule has 0 aromatic heterocycles. The van der Waals surface area contributed by atoms with Crippen LogP contribution in [0.25, 0.3) is 0 Å². The first-order chi connectivity index (χ1) is 9.20. The molecule has 0 bridgehead atoms. The zero-order chi connectivity index (χ0) is 13.2. The van der Waals surface area contributed by atoms with E-state index in [4.69, 9.17) is 0 Å². The van der Waals surface area contributed by atoms with E-state index in [-0.39, 0.29) is 17.9 Å². The van der Waals surface area contributed by atoms with Crippen molar-refractivity contribution in [3.05, 3.63) is 24.3 Å². The number of carbonyl (C=O) groups is 2. The van der Waals surface area contributed by atoms with E-state index in [1.165, 1.54) is 0 Å². The van der Waals surface area contributed by atoms with Crippen LogP contribution in [-0.4, -0.2) is 18.0 Å². The van der Waals surface area contributed by atoms with Crippen molar-refractivity contribution in [2.24, 2.45) is 5.92 Å². The normalized spacial score (nSPS) is 17.7. The van der Waals surface area contributed by atoms with Crippen LogP contribution in [0.3, 0.4) is 0 Å². The number of nitrogens with one attached hydrogen (secondary N) is 3. The molecule has 3 rings (SSSR count). The van der Waals surface area contributed by atoms with Crippen molar-refractivity contribution < 1.29 is 9.59 Å². The van der Waals surface area contributed by atoms with E-state index < -0.39 is 0 Å². The van der Waals surface area contributed by atoms with Gasteiger partial charge in [0.2, 0.25) is 5.91 Å². The Bertz CT molecular complexity index is 490. The molecule has 2 fully saturated rings. The van der Waals surface area contributed by atoms with E-state index >= 15 is 0 Å². The molecule has 0 radical (unpaired) electrons. The molecule has 5 heteroatoms. The van der Waals surface area contributed by atoms with Gasteiger partial charge in [-0.2, -0.15) is 0 Å². The molecular weight excluding hydrogens is 242 g/mol. The molecule has 2 aliphatic rings. The zero-order valence-corrected chi connectivity index (χ0v) is 10.6. The fraction of sp³-hybridized carbons (Fsp3) is 0.429. The lowest BCUT2D eigenvalue weighted by atomic mass is 10.2. The summed E-state index contributed by atoms with van der Waals surface area (Å²) >= 11 is 0. The summed E-state index contributed by atoms with van der Waals surface area (Å²) in [4.78, 5) is 23.1. The van der Waals surface area contributed by atoms with Gasteiger partial charge in [-0.05, 0) is 49.9 Å². The van der Waals surface area contributed by atoms with Crippen LogP contribution < -0.4 is 16.0 Å². The summed E-state index contributed by atoms with van der Waals surface area (Å²) in [7, 11) is 0. The summed E-state index contributed by atoms with van der Waals surface area (Å²) < 4.78 is 0. The predicted octanol–water partition coefficient (Wildman–Crippen LogP) is 2.32. The maximum absolute atomic E-state index is 11.6. The molecule has 1 aromatic carbocycles. The van der Waals surface area contributed by atoms with Gasteiger partial charge in [-0.3, -0.25) is 4.79 Å². The van der Waals surface area contributed by atoms with Gasteiger partial charge >= 0.3 is 6.03 Å². The van der Waals surface area contributed by atoms with Crippen molar-refractivity contribution in [3.8, 4) is 0 Å². The quantitative estimate of drug-likeness (QED) is 0.776. The van der Waals surface area contributed by atoms with E-state index in [9.17, 15) is 9.59 Å². The predicted molar refractivity (Wildman–Crippen MR) is 73.0 cm³/mol. The molecule has 2 aliphatic carbocycles. The molecule has 0 aliphatic heterocycles. The third-order valence-corrected chi connectivity index (χ3v) is 3.27. The van der Waals surface area contributed by atoms with E-state index in [2.05, 4.69) is 16.0 Å². The number of urea groups is 1. The molecule has 1 aromatic rings. The van der Waals surface area contributed by atoms with Crippen molar-refractivity contribution in [2.75, 3.05) is 10.6 Å². The first-order valence-electron chi connectivity index (χ1n) is 6.69. The number of hydrogen-bond donors (Lipinski definition) is 3. The summed E-state index contributed by atoms with van der Waals surface area (Å²) in [6.45, 7) is 0. The molecule has 0 unspecified atom stereocenters. The molecule has 0 heterocycles. The van der Waals surface area contributed by atoms with Crippen molar-refractivity contribution in [2.45, 2.75) is 31.7 Å². The average Bonchev–Trinajstić information content (AvgIpc) is 3.25. The smallest absolute Gasteiger partial charge is 0.319 e. The Balaban J connectivity index is 1.52. The Morgan fingerprint density at radius 1 is 0.895 bits per heavy atom. The molecule has 5 nitrogen and oxygen atoms in total. The SMILES string of the molecule is O=C(Nc1ccc(NC(=O)C2CC2)cc1)NC1CC1. The molecule has 0 saturated heterocycles. The molecule has 3 amide bonds. The summed E-state index contributed by atoms with van der Waals surface area (Å²) in [5.74, 6) is 0.286. The van der Waals surface area contributed by atoms with Crippen LogP contribution in [0.4, 0.5) is 16.2 Å². The van der Waals surface area contributed by atoms with Crippen LogP contribution in [-0.2, 0) is 4.79 Å². The highest BCUT2D eigenvalue weighted by Gasteiger charge is 2.29. The van der Waals surface area contributed by atoms with Gasteiger partial charge in [0.15, 0.2) is 0 Å². The Kier molecular flexibility index (Phi) is 3.11. The Hall–Kier alpha value is -2.04. The lowest BCUT2D eigenvalue weighted by Gasteiger charge is -2.08. The van der Waals surface area contributed by atoms with E-state index in [0.29, 0.717) is 6.04 Å². The molecule has 3 N–H and O–H groups in total. The Morgan fingerprint density at radius 2 is 1.47 bits per heavy atom. The zero-order valence-electron chi connectivity index (χ0n) is 10.6. The minimum atomic E-state index is -0.169. The van der Waals surface area contributed by atoms with Crippen LogP contribution in [0.15, 0.2) is 24.3 Å². The van der Waals surface area contributed by atoms with Gasteiger partial charge in [0, 0.05) is 23.3 Å². The first-order valence-corrected chi connectivity index (χ1v) is 6.69. The second-order valence-corrected chi connectivity index (χ2v) is 5.21. The van der Waals surface area contributed by atoms with Gasteiger partial charge in [-0.15, -0.1) is 0 Å².